The van der Waals surface area contributed by atoms with Gasteiger partial charge in [0.1, 0.15) is 6.10 Å². The fraction of sp³-hybridized carbons (Fsp3) is 0.947. The van der Waals surface area contributed by atoms with Crippen molar-refractivity contribution in [2.24, 2.45) is 28.7 Å². The topological polar surface area (TPSA) is 21.6 Å². The number of hydrogen-bond donors (Lipinski definition) is 1. The van der Waals surface area contributed by atoms with E-state index in [1.807, 2.05) is 0 Å². The van der Waals surface area contributed by atoms with Gasteiger partial charge in [0.2, 0.25) is 5.23 Å². The zero-order valence-electron chi connectivity index (χ0n) is 13.8. The molecule has 1 aliphatic heterocycles. The molecule has 0 saturated heterocycles. The lowest BCUT2D eigenvalue weighted by molar-refractivity contribution is 0.0477. The largest absolute Gasteiger partial charge is 0.467 e. The van der Waals surface area contributed by atoms with Gasteiger partial charge in [0.25, 0.3) is 0 Å². The molecule has 3 fully saturated rings. The molecule has 1 heterocycles. The standard InChI is InChI=1S/C19H31NOS/c22-19-20-17-11-5-10-16(18(17)21-19)13-6-1-3-8-14-12-15(14)9-4-2-7-13/h13-18H,1-12H2,(H,20,22). The van der Waals surface area contributed by atoms with Crippen LogP contribution in [-0.4, -0.2) is 17.4 Å². The highest BCUT2D eigenvalue weighted by atomic mass is 32.1. The van der Waals surface area contributed by atoms with Crippen molar-refractivity contribution in [2.45, 2.75) is 89.2 Å². The second-order valence-electron chi connectivity index (χ2n) is 8.24. The fourth-order valence-electron chi connectivity index (χ4n) is 5.49. The van der Waals surface area contributed by atoms with Crippen molar-refractivity contribution in [3.8, 4) is 0 Å². The van der Waals surface area contributed by atoms with Gasteiger partial charge in [0.05, 0.1) is 6.04 Å². The summed E-state index contributed by atoms with van der Waals surface area (Å²) < 4.78 is 6.02. The van der Waals surface area contributed by atoms with Gasteiger partial charge >= 0.3 is 0 Å². The predicted molar refractivity (Wildman–Crippen MR) is 94.4 cm³/mol. The molecule has 0 bridgehead atoms. The third kappa shape index (κ3) is 3.34. The highest BCUT2D eigenvalue weighted by Gasteiger charge is 2.42. The molecule has 0 aromatic carbocycles. The van der Waals surface area contributed by atoms with E-state index in [0.717, 1.165) is 23.7 Å². The Morgan fingerprint density at radius 3 is 2.09 bits per heavy atom. The van der Waals surface area contributed by atoms with E-state index < -0.39 is 0 Å². The summed E-state index contributed by atoms with van der Waals surface area (Å²) >= 11 is 4.38. The van der Waals surface area contributed by atoms with Crippen LogP contribution in [0.1, 0.15) is 77.0 Å². The Hall–Kier alpha value is -0.180. The molecule has 124 valence electrons. The fourth-order valence-corrected chi connectivity index (χ4v) is 5.76. The minimum Gasteiger partial charge on any atom is -0.467 e. The van der Waals surface area contributed by atoms with Gasteiger partial charge < -0.3 is 4.74 Å². The first-order chi connectivity index (χ1) is 10.8. The molecule has 3 aliphatic carbocycles. The molecule has 0 aromatic rings. The second kappa shape index (κ2) is 6.75. The van der Waals surface area contributed by atoms with E-state index in [9.17, 15) is 0 Å². The third-order valence-electron chi connectivity index (χ3n) is 6.83. The summed E-state index contributed by atoms with van der Waals surface area (Å²) in [6, 6.07) is 0.414. The molecule has 4 rings (SSSR count). The minimum absolute atomic E-state index is 0.352. The molecule has 0 amide bonds. The predicted octanol–water partition coefficient (Wildman–Crippen LogP) is 5.23. The first-order valence-electron chi connectivity index (χ1n) is 9.74. The average molecular weight is 322 g/mol. The zero-order chi connectivity index (χ0) is 14.9. The second-order valence-corrected chi connectivity index (χ2v) is 8.62. The Balaban J connectivity index is 1.38. The van der Waals surface area contributed by atoms with E-state index in [4.69, 9.17) is 4.74 Å². The first kappa shape index (κ1) is 15.4. The van der Waals surface area contributed by atoms with Crippen LogP contribution in [0.4, 0.5) is 0 Å². The Labute approximate surface area is 140 Å². The molecule has 3 heteroatoms. The summed E-state index contributed by atoms with van der Waals surface area (Å²) in [5.41, 5.74) is 0. The van der Waals surface area contributed by atoms with Crippen LogP contribution in [0.2, 0.25) is 0 Å². The van der Waals surface area contributed by atoms with E-state index in [1.165, 1.54) is 70.6 Å². The molecule has 5 atom stereocenters. The van der Waals surface area contributed by atoms with Crippen molar-refractivity contribution < 1.29 is 4.74 Å². The van der Waals surface area contributed by atoms with Crippen LogP contribution in [0.3, 0.4) is 0 Å². The summed E-state index contributed by atoms with van der Waals surface area (Å²) in [5, 5.41) is 0.652. The Morgan fingerprint density at radius 2 is 1.41 bits per heavy atom. The number of ether oxygens (including phenoxy) is 1. The van der Waals surface area contributed by atoms with Crippen molar-refractivity contribution in [3.63, 3.8) is 0 Å². The quantitative estimate of drug-likeness (QED) is 0.656. The molecule has 2 nitrogen and oxygen atoms in total. The van der Waals surface area contributed by atoms with Gasteiger partial charge in [-0.3, -0.25) is 0 Å². The molecule has 5 unspecified atom stereocenters. The number of aliphatic imine (C=N–C) groups is 1. The van der Waals surface area contributed by atoms with Crippen molar-refractivity contribution in [1.82, 2.24) is 0 Å². The maximum absolute atomic E-state index is 6.02. The van der Waals surface area contributed by atoms with E-state index in [2.05, 4.69) is 17.6 Å². The van der Waals surface area contributed by atoms with Gasteiger partial charge in [-0.25, -0.2) is 4.99 Å². The molecule has 0 radical (unpaired) electrons. The number of rotatable bonds is 1. The van der Waals surface area contributed by atoms with Crippen molar-refractivity contribution in [3.05, 3.63) is 0 Å². The summed E-state index contributed by atoms with van der Waals surface area (Å²) in [6.45, 7) is 0. The van der Waals surface area contributed by atoms with Crippen LogP contribution in [0.15, 0.2) is 4.99 Å². The number of nitrogens with zero attached hydrogens (tertiary/aromatic N) is 1. The van der Waals surface area contributed by atoms with Crippen LogP contribution in [0, 0.1) is 23.7 Å². The van der Waals surface area contributed by atoms with Crippen LogP contribution in [0.25, 0.3) is 0 Å². The van der Waals surface area contributed by atoms with Gasteiger partial charge in [-0.05, 0) is 37.0 Å². The molecule has 4 aliphatic rings. The van der Waals surface area contributed by atoms with Crippen molar-refractivity contribution in [2.75, 3.05) is 0 Å². The van der Waals surface area contributed by atoms with Crippen LogP contribution >= 0.6 is 12.6 Å². The van der Waals surface area contributed by atoms with Gasteiger partial charge in [-0.1, -0.05) is 70.4 Å². The van der Waals surface area contributed by atoms with E-state index in [1.54, 1.807) is 6.42 Å². The lowest BCUT2D eigenvalue weighted by atomic mass is 9.72. The van der Waals surface area contributed by atoms with Crippen molar-refractivity contribution in [1.29, 1.82) is 0 Å². The summed E-state index contributed by atoms with van der Waals surface area (Å²) in [4.78, 5) is 4.62. The SMILES string of the molecule is SC1=NC2CCCC(C3CCCCC4CC4CCCC3)C2O1. The smallest absolute Gasteiger partial charge is 0.243 e. The normalized spacial score (nSPS) is 45.8. The average Bonchev–Trinajstić information content (AvgIpc) is 3.14. The zero-order valence-corrected chi connectivity index (χ0v) is 14.6. The first-order valence-corrected chi connectivity index (χ1v) is 10.2. The molecule has 0 aromatic heterocycles. The number of fused-ring (bicyclic) bond motifs is 2. The van der Waals surface area contributed by atoms with E-state index in [-0.39, 0.29) is 0 Å². The highest BCUT2D eigenvalue weighted by molar-refractivity contribution is 7.96. The maximum Gasteiger partial charge on any atom is 0.243 e. The van der Waals surface area contributed by atoms with Gasteiger partial charge in [-0.2, -0.15) is 0 Å². The lowest BCUT2D eigenvalue weighted by Gasteiger charge is -2.37. The van der Waals surface area contributed by atoms with Gasteiger partial charge in [0, 0.05) is 5.92 Å². The van der Waals surface area contributed by atoms with Crippen molar-refractivity contribution >= 4 is 17.9 Å². The summed E-state index contributed by atoms with van der Waals surface area (Å²) in [5.74, 6) is 3.82. The molecular weight excluding hydrogens is 290 g/mol. The number of hydrogen-bond acceptors (Lipinski definition) is 2. The summed E-state index contributed by atoms with van der Waals surface area (Å²) in [6.07, 6.45) is 17.5. The number of thiol groups is 1. The molecule has 0 N–H and O–H groups in total. The van der Waals surface area contributed by atoms with E-state index in [0.29, 0.717) is 17.4 Å². The highest BCUT2D eigenvalue weighted by Crippen LogP contribution is 2.47. The monoisotopic (exact) mass is 321 g/mol. The van der Waals surface area contributed by atoms with E-state index >= 15 is 0 Å². The van der Waals surface area contributed by atoms with Gasteiger partial charge in [-0.15, -0.1) is 0 Å². The third-order valence-corrected chi connectivity index (χ3v) is 7.05. The molecular formula is C19H31NOS. The Kier molecular flexibility index (Phi) is 4.71. The Bertz CT molecular complexity index is 408. The lowest BCUT2D eigenvalue weighted by Crippen LogP contribution is -2.39. The molecule has 3 saturated carbocycles. The minimum atomic E-state index is 0.352. The molecule has 22 heavy (non-hydrogen) atoms. The Morgan fingerprint density at radius 1 is 0.773 bits per heavy atom. The van der Waals surface area contributed by atoms with Crippen LogP contribution in [-0.2, 0) is 4.74 Å². The van der Waals surface area contributed by atoms with Crippen LogP contribution < -0.4 is 0 Å². The summed E-state index contributed by atoms with van der Waals surface area (Å²) in [7, 11) is 0. The molecule has 0 spiro atoms. The van der Waals surface area contributed by atoms with Crippen LogP contribution in [0.5, 0.6) is 0 Å². The maximum atomic E-state index is 6.02. The van der Waals surface area contributed by atoms with Gasteiger partial charge in [0.15, 0.2) is 0 Å².